The Bertz CT molecular complexity index is 1180. The Labute approximate surface area is 240 Å². The van der Waals surface area contributed by atoms with Crippen molar-refractivity contribution in [3.63, 3.8) is 0 Å². The first-order chi connectivity index (χ1) is 19.7. The van der Waals surface area contributed by atoms with Crippen LogP contribution in [-0.2, 0) is 4.79 Å². The maximum atomic E-state index is 14.7. The van der Waals surface area contributed by atoms with E-state index >= 15 is 0 Å². The maximum Gasteiger partial charge on any atom is 0.251 e. The monoisotopic (exact) mass is 576 g/mol. The van der Waals surface area contributed by atoms with Gasteiger partial charge in [-0.1, -0.05) is 19.8 Å². The van der Waals surface area contributed by atoms with Crippen LogP contribution in [0.1, 0.15) is 64.7 Å². The SMILES string of the molecule is CCCCCN=C(C)N1CCC(C(c2ncc(-c3cc(F)ccc3F)[nH]2)N(CC2CNCC2F)C(=O)C(C)O)CC1. The largest absolute Gasteiger partial charge is 0.384 e. The maximum absolute atomic E-state index is 14.7. The van der Waals surface area contributed by atoms with Gasteiger partial charge in [-0.2, -0.15) is 0 Å². The first kappa shape index (κ1) is 31.0. The minimum Gasteiger partial charge on any atom is -0.384 e. The average Bonchev–Trinajstić information content (AvgIpc) is 3.61. The second-order valence-corrected chi connectivity index (χ2v) is 11.3. The number of hydrogen-bond donors (Lipinski definition) is 3. The second-order valence-electron chi connectivity index (χ2n) is 11.3. The predicted molar refractivity (Wildman–Crippen MR) is 153 cm³/mol. The van der Waals surface area contributed by atoms with E-state index in [0.717, 1.165) is 62.9 Å². The molecule has 41 heavy (non-hydrogen) atoms. The molecule has 4 atom stereocenters. The Morgan fingerprint density at radius 2 is 2.00 bits per heavy atom. The lowest BCUT2D eigenvalue weighted by Crippen LogP contribution is -2.49. The van der Waals surface area contributed by atoms with Gasteiger partial charge in [0.05, 0.1) is 23.8 Å². The Kier molecular flexibility index (Phi) is 10.8. The molecule has 4 rings (SSSR count). The van der Waals surface area contributed by atoms with Crippen LogP contribution in [0.2, 0.25) is 0 Å². The summed E-state index contributed by atoms with van der Waals surface area (Å²) in [4.78, 5) is 29.7. The van der Waals surface area contributed by atoms with E-state index in [1.165, 1.54) is 13.1 Å². The van der Waals surface area contributed by atoms with E-state index in [1.54, 1.807) is 4.90 Å². The van der Waals surface area contributed by atoms with Gasteiger partial charge in [-0.3, -0.25) is 9.79 Å². The number of aliphatic imine (C=N–C) groups is 1. The van der Waals surface area contributed by atoms with Gasteiger partial charge in [0.15, 0.2) is 0 Å². The van der Waals surface area contributed by atoms with Crippen molar-refractivity contribution < 1.29 is 23.1 Å². The Morgan fingerprint density at radius 3 is 2.66 bits per heavy atom. The lowest BCUT2D eigenvalue weighted by molar-refractivity contribution is -0.145. The predicted octanol–water partition coefficient (Wildman–Crippen LogP) is 4.48. The van der Waals surface area contributed by atoms with Crippen molar-refractivity contribution in [1.29, 1.82) is 0 Å². The van der Waals surface area contributed by atoms with E-state index in [2.05, 4.69) is 27.1 Å². The molecule has 2 fully saturated rings. The summed E-state index contributed by atoms with van der Waals surface area (Å²) in [6.45, 7) is 8.57. The third-order valence-corrected chi connectivity index (χ3v) is 8.31. The van der Waals surface area contributed by atoms with Crippen molar-refractivity contribution >= 4 is 11.7 Å². The molecule has 0 bridgehead atoms. The minimum absolute atomic E-state index is 0.0319. The molecule has 0 radical (unpaired) electrons. The fraction of sp³-hybridized carbons (Fsp3) is 0.633. The van der Waals surface area contributed by atoms with Crippen molar-refractivity contribution in [2.24, 2.45) is 16.8 Å². The lowest BCUT2D eigenvalue weighted by atomic mass is 9.86. The molecule has 11 heteroatoms. The number of halogens is 3. The summed E-state index contributed by atoms with van der Waals surface area (Å²) in [6, 6.07) is 2.59. The van der Waals surface area contributed by atoms with Gasteiger partial charge in [-0.15, -0.1) is 0 Å². The number of amidine groups is 1. The molecule has 1 aromatic carbocycles. The van der Waals surface area contributed by atoms with Gasteiger partial charge in [0, 0.05) is 50.7 Å². The highest BCUT2D eigenvalue weighted by Crippen LogP contribution is 2.37. The van der Waals surface area contributed by atoms with Crippen LogP contribution < -0.4 is 5.32 Å². The highest BCUT2D eigenvalue weighted by atomic mass is 19.1. The summed E-state index contributed by atoms with van der Waals surface area (Å²) < 4.78 is 43.3. The Balaban J connectivity index is 1.63. The molecule has 1 aromatic heterocycles. The molecule has 0 spiro atoms. The highest BCUT2D eigenvalue weighted by Gasteiger charge is 2.40. The molecule has 2 aliphatic rings. The molecule has 0 aliphatic carbocycles. The number of carbonyl (C=O) groups excluding carboxylic acids is 1. The number of nitrogens with zero attached hydrogens (tertiary/aromatic N) is 4. The summed E-state index contributed by atoms with van der Waals surface area (Å²) in [7, 11) is 0. The van der Waals surface area contributed by atoms with Crippen molar-refractivity contribution in [3.05, 3.63) is 41.9 Å². The molecule has 0 saturated carbocycles. The van der Waals surface area contributed by atoms with Crippen molar-refractivity contribution in [2.75, 3.05) is 39.3 Å². The highest BCUT2D eigenvalue weighted by molar-refractivity contribution is 5.81. The van der Waals surface area contributed by atoms with E-state index in [-0.39, 0.29) is 30.3 Å². The Morgan fingerprint density at radius 1 is 1.24 bits per heavy atom. The van der Waals surface area contributed by atoms with Crippen LogP contribution in [0.25, 0.3) is 11.3 Å². The lowest BCUT2D eigenvalue weighted by Gasteiger charge is -2.42. The number of likely N-dealkylation sites (tertiary alicyclic amines) is 1. The zero-order valence-corrected chi connectivity index (χ0v) is 24.3. The summed E-state index contributed by atoms with van der Waals surface area (Å²) >= 11 is 0. The van der Waals surface area contributed by atoms with E-state index in [9.17, 15) is 23.1 Å². The number of aromatic amines is 1. The summed E-state index contributed by atoms with van der Waals surface area (Å²) in [6.07, 6.45) is 3.78. The number of piperidine rings is 1. The number of rotatable bonds is 11. The number of benzene rings is 1. The number of imidazole rings is 1. The van der Waals surface area contributed by atoms with Gasteiger partial charge in [0.1, 0.15) is 29.7 Å². The fourth-order valence-electron chi connectivity index (χ4n) is 5.91. The van der Waals surface area contributed by atoms with Crippen LogP contribution >= 0.6 is 0 Å². The molecule has 8 nitrogen and oxygen atoms in total. The van der Waals surface area contributed by atoms with Gasteiger partial charge in [-0.25, -0.2) is 18.2 Å². The molecule has 2 saturated heterocycles. The third kappa shape index (κ3) is 7.68. The zero-order valence-electron chi connectivity index (χ0n) is 24.3. The van der Waals surface area contributed by atoms with Crippen LogP contribution in [0, 0.1) is 23.5 Å². The number of nitrogens with one attached hydrogen (secondary N) is 2. The number of alkyl halides is 1. The van der Waals surface area contributed by atoms with Crippen LogP contribution in [0.15, 0.2) is 29.4 Å². The van der Waals surface area contributed by atoms with Crippen molar-refractivity contribution in [1.82, 2.24) is 25.1 Å². The summed E-state index contributed by atoms with van der Waals surface area (Å²) in [5, 5.41) is 13.4. The smallest absolute Gasteiger partial charge is 0.251 e. The normalized spacial score (nSPS) is 21.7. The molecule has 2 aromatic rings. The number of aliphatic hydroxyl groups is 1. The van der Waals surface area contributed by atoms with Gasteiger partial charge < -0.3 is 25.2 Å². The molecule has 2 aliphatic heterocycles. The van der Waals surface area contributed by atoms with Crippen LogP contribution in [0.5, 0.6) is 0 Å². The van der Waals surface area contributed by atoms with Gasteiger partial charge >= 0.3 is 0 Å². The quantitative estimate of drug-likeness (QED) is 0.208. The summed E-state index contributed by atoms with van der Waals surface area (Å²) in [5.74, 6) is -0.801. The van der Waals surface area contributed by atoms with Crippen LogP contribution in [0.3, 0.4) is 0 Å². The van der Waals surface area contributed by atoms with Crippen LogP contribution in [-0.4, -0.2) is 88.2 Å². The zero-order chi connectivity index (χ0) is 29.5. The Hall–Kier alpha value is -2.92. The molecule has 3 heterocycles. The number of aliphatic hydroxyl groups excluding tert-OH is 1. The van der Waals surface area contributed by atoms with Gasteiger partial charge in [0.25, 0.3) is 5.91 Å². The number of unbranched alkanes of at least 4 members (excludes halogenated alkanes) is 2. The average molecular weight is 577 g/mol. The number of H-pyrrole nitrogens is 1. The number of hydrogen-bond acceptors (Lipinski definition) is 5. The second kappa shape index (κ2) is 14.3. The topological polar surface area (TPSA) is 96.9 Å². The fourth-order valence-corrected chi connectivity index (χ4v) is 5.91. The number of aromatic nitrogens is 2. The molecule has 4 unspecified atom stereocenters. The number of carbonyl (C=O) groups is 1. The van der Waals surface area contributed by atoms with Crippen molar-refractivity contribution in [3.8, 4) is 11.3 Å². The number of amides is 1. The van der Waals surface area contributed by atoms with E-state index in [0.29, 0.717) is 25.2 Å². The molecular formula is C30H43F3N6O2. The van der Waals surface area contributed by atoms with E-state index < -0.39 is 41.8 Å². The molecule has 1 amide bonds. The third-order valence-electron chi connectivity index (χ3n) is 8.31. The molecule has 226 valence electrons. The van der Waals surface area contributed by atoms with Gasteiger partial charge in [-0.05, 0) is 57.2 Å². The first-order valence-electron chi connectivity index (χ1n) is 14.8. The van der Waals surface area contributed by atoms with Crippen molar-refractivity contribution in [2.45, 2.75) is 71.2 Å². The van der Waals surface area contributed by atoms with Gasteiger partial charge in [0.2, 0.25) is 0 Å². The first-order valence-corrected chi connectivity index (χ1v) is 14.8. The molecular weight excluding hydrogens is 533 g/mol. The summed E-state index contributed by atoms with van der Waals surface area (Å²) in [5.41, 5.74) is 0.314. The van der Waals surface area contributed by atoms with Crippen LogP contribution in [0.4, 0.5) is 13.2 Å². The van der Waals surface area contributed by atoms with E-state index in [4.69, 9.17) is 4.99 Å². The molecule has 3 N–H and O–H groups in total. The standard InChI is InChI=1S/C30H43F3N6O2/c1-4-5-6-11-35-20(3)38-12-9-21(10-13-38)28(39(30(41)19(2)40)18-22-15-34-16-26(22)33)29-36-17-27(37-29)24-14-23(31)7-8-25(24)32/h7-8,14,17,19,21-22,26,28,34,40H,4-6,9-13,15-16,18H2,1-3H3,(H,36,37). The van der Waals surface area contributed by atoms with E-state index in [1.807, 2.05) is 6.92 Å². The minimum atomic E-state index is -1.29.